The molecule has 0 amide bonds. The van der Waals surface area contributed by atoms with E-state index < -0.39 is 0 Å². The molecule has 4 rings (SSSR count). The molecular formula is C18H24N2. The molecule has 1 atom stereocenters. The topological polar surface area (TPSA) is 17.0 Å². The van der Waals surface area contributed by atoms with Crippen LogP contribution in [-0.4, -0.2) is 17.2 Å². The first-order valence-electron chi connectivity index (χ1n) is 8.16. The number of hydrogen-bond acceptors (Lipinski definition) is 1. The van der Waals surface area contributed by atoms with Crippen molar-refractivity contribution in [2.45, 2.75) is 58.0 Å². The number of benzene rings is 1. The van der Waals surface area contributed by atoms with Gasteiger partial charge in [-0.1, -0.05) is 12.5 Å². The average molecular weight is 268 g/mol. The van der Waals surface area contributed by atoms with Gasteiger partial charge in [-0.25, -0.2) is 0 Å². The van der Waals surface area contributed by atoms with Crippen LogP contribution >= 0.6 is 0 Å². The fourth-order valence-corrected chi connectivity index (χ4v) is 4.11. The van der Waals surface area contributed by atoms with Crippen molar-refractivity contribution >= 4 is 10.9 Å². The van der Waals surface area contributed by atoms with E-state index in [9.17, 15) is 0 Å². The highest BCUT2D eigenvalue weighted by Gasteiger charge is 2.18. The molecular weight excluding hydrogens is 244 g/mol. The molecule has 1 fully saturated rings. The molecule has 3 heterocycles. The zero-order valence-corrected chi connectivity index (χ0v) is 12.4. The maximum Gasteiger partial charge on any atom is 0.0515 e. The normalized spacial score (nSPS) is 22.4. The SMILES string of the molecule is Cc1cc2cc(CC3CCCCN3)cc3c2n1CCC3. The number of aromatic nitrogens is 1. The lowest BCUT2D eigenvalue weighted by Gasteiger charge is -2.24. The lowest BCUT2D eigenvalue weighted by molar-refractivity contribution is 0.399. The summed E-state index contributed by atoms with van der Waals surface area (Å²) >= 11 is 0. The quantitative estimate of drug-likeness (QED) is 0.881. The van der Waals surface area contributed by atoms with E-state index in [1.165, 1.54) is 73.8 Å². The van der Waals surface area contributed by atoms with Crippen LogP contribution in [0.15, 0.2) is 18.2 Å². The number of hydrogen-bond donors (Lipinski definition) is 1. The third-order valence-electron chi connectivity index (χ3n) is 5.06. The standard InChI is InChI=1S/C18H24N2/c1-13-9-16-11-14(12-17-6-2-3-7-19-17)10-15-5-4-8-20(13)18(15)16/h9-11,17,19H,2-8,12H2,1H3. The molecule has 2 aromatic rings. The van der Waals surface area contributed by atoms with Crippen molar-refractivity contribution in [2.75, 3.05) is 6.54 Å². The van der Waals surface area contributed by atoms with Gasteiger partial charge in [-0.05, 0) is 68.8 Å². The molecule has 0 bridgehead atoms. The zero-order chi connectivity index (χ0) is 13.5. The van der Waals surface area contributed by atoms with Gasteiger partial charge in [-0.15, -0.1) is 0 Å². The Balaban J connectivity index is 1.71. The number of aryl methyl sites for hydroxylation is 3. The van der Waals surface area contributed by atoms with Gasteiger partial charge in [0.05, 0.1) is 5.52 Å². The van der Waals surface area contributed by atoms with Crippen LogP contribution in [0.25, 0.3) is 10.9 Å². The minimum atomic E-state index is 0.695. The second-order valence-corrected chi connectivity index (χ2v) is 6.58. The van der Waals surface area contributed by atoms with Crippen LogP contribution in [0.1, 0.15) is 42.5 Å². The van der Waals surface area contributed by atoms with E-state index in [2.05, 4.69) is 35.0 Å². The van der Waals surface area contributed by atoms with Gasteiger partial charge in [-0.3, -0.25) is 0 Å². The van der Waals surface area contributed by atoms with Crippen LogP contribution in [0, 0.1) is 6.92 Å². The molecule has 2 aliphatic rings. The van der Waals surface area contributed by atoms with Gasteiger partial charge in [0.1, 0.15) is 0 Å². The van der Waals surface area contributed by atoms with Crippen LogP contribution in [0.5, 0.6) is 0 Å². The van der Waals surface area contributed by atoms with E-state index >= 15 is 0 Å². The number of nitrogens with one attached hydrogen (secondary N) is 1. The Hall–Kier alpha value is -1.28. The van der Waals surface area contributed by atoms with Crippen LogP contribution in [0.4, 0.5) is 0 Å². The van der Waals surface area contributed by atoms with Gasteiger partial charge in [-0.2, -0.15) is 0 Å². The van der Waals surface area contributed by atoms with Crippen molar-refractivity contribution in [3.63, 3.8) is 0 Å². The number of nitrogens with zero attached hydrogens (tertiary/aromatic N) is 1. The summed E-state index contributed by atoms with van der Waals surface area (Å²) in [5.41, 5.74) is 6.04. The maximum absolute atomic E-state index is 3.68. The summed E-state index contributed by atoms with van der Waals surface area (Å²) in [5.74, 6) is 0. The van der Waals surface area contributed by atoms with E-state index in [1.54, 1.807) is 5.56 Å². The van der Waals surface area contributed by atoms with E-state index in [0.717, 1.165) is 0 Å². The number of piperidine rings is 1. The molecule has 0 aliphatic carbocycles. The molecule has 2 nitrogen and oxygen atoms in total. The van der Waals surface area contributed by atoms with Crippen LogP contribution in [-0.2, 0) is 19.4 Å². The van der Waals surface area contributed by atoms with Gasteiger partial charge in [0, 0.05) is 23.7 Å². The predicted molar refractivity (Wildman–Crippen MR) is 84.3 cm³/mol. The van der Waals surface area contributed by atoms with E-state index in [-0.39, 0.29) is 0 Å². The summed E-state index contributed by atoms with van der Waals surface area (Å²) in [6, 6.07) is 7.99. The first-order valence-corrected chi connectivity index (χ1v) is 8.16. The Morgan fingerprint density at radius 3 is 3.00 bits per heavy atom. The van der Waals surface area contributed by atoms with E-state index in [1.807, 2.05) is 0 Å². The van der Waals surface area contributed by atoms with Crippen LogP contribution in [0.2, 0.25) is 0 Å². The van der Waals surface area contributed by atoms with Gasteiger partial charge >= 0.3 is 0 Å². The Bertz CT molecular complexity index is 632. The van der Waals surface area contributed by atoms with Crippen molar-refractivity contribution in [1.82, 2.24) is 9.88 Å². The monoisotopic (exact) mass is 268 g/mol. The van der Waals surface area contributed by atoms with Crippen molar-refractivity contribution in [1.29, 1.82) is 0 Å². The van der Waals surface area contributed by atoms with Crippen molar-refractivity contribution in [3.8, 4) is 0 Å². The van der Waals surface area contributed by atoms with Crippen molar-refractivity contribution in [2.24, 2.45) is 0 Å². The smallest absolute Gasteiger partial charge is 0.0515 e. The Labute approximate surface area is 121 Å². The Kier molecular flexibility index (Phi) is 3.07. The molecule has 20 heavy (non-hydrogen) atoms. The molecule has 1 aromatic heterocycles. The highest BCUT2D eigenvalue weighted by Crippen LogP contribution is 2.30. The lowest BCUT2D eigenvalue weighted by atomic mass is 9.94. The van der Waals surface area contributed by atoms with Crippen molar-refractivity contribution in [3.05, 3.63) is 35.0 Å². The summed E-state index contributed by atoms with van der Waals surface area (Å²) in [5, 5.41) is 5.14. The molecule has 106 valence electrons. The van der Waals surface area contributed by atoms with Gasteiger partial charge < -0.3 is 9.88 Å². The van der Waals surface area contributed by atoms with Gasteiger partial charge in [0.15, 0.2) is 0 Å². The highest BCUT2D eigenvalue weighted by molar-refractivity contribution is 5.85. The van der Waals surface area contributed by atoms with Crippen LogP contribution < -0.4 is 5.32 Å². The third-order valence-corrected chi connectivity index (χ3v) is 5.06. The summed E-state index contributed by atoms with van der Waals surface area (Å²) in [6.07, 6.45) is 7.83. The third kappa shape index (κ3) is 2.07. The van der Waals surface area contributed by atoms with Gasteiger partial charge in [0.2, 0.25) is 0 Å². The lowest BCUT2D eigenvalue weighted by Crippen LogP contribution is -2.35. The first kappa shape index (κ1) is 12.5. The molecule has 1 unspecified atom stereocenters. The number of rotatable bonds is 2. The zero-order valence-electron chi connectivity index (χ0n) is 12.4. The maximum atomic E-state index is 3.68. The molecule has 0 radical (unpaired) electrons. The summed E-state index contributed by atoms with van der Waals surface area (Å²) in [7, 11) is 0. The molecule has 1 aromatic carbocycles. The summed E-state index contributed by atoms with van der Waals surface area (Å²) in [6.45, 7) is 4.65. The van der Waals surface area contributed by atoms with E-state index in [4.69, 9.17) is 0 Å². The first-order chi connectivity index (χ1) is 9.81. The second kappa shape index (κ2) is 4.92. The fourth-order valence-electron chi connectivity index (χ4n) is 4.11. The predicted octanol–water partition coefficient (Wildman–Crippen LogP) is 3.58. The largest absolute Gasteiger partial charge is 0.345 e. The minimum absolute atomic E-state index is 0.695. The molecule has 0 spiro atoms. The van der Waals surface area contributed by atoms with Gasteiger partial charge in [0.25, 0.3) is 0 Å². The summed E-state index contributed by atoms with van der Waals surface area (Å²) in [4.78, 5) is 0. The fraction of sp³-hybridized carbons (Fsp3) is 0.556. The average Bonchev–Trinajstić information content (AvgIpc) is 2.78. The molecule has 2 aliphatic heterocycles. The Morgan fingerprint density at radius 1 is 1.20 bits per heavy atom. The summed E-state index contributed by atoms with van der Waals surface area (Å²) < 4.78 is 2.51. The second-order valence-electron chi connectivity index (χ2n) is 6.58. The molecule has 1 N–H and O–H groups in total. The molecule has 1 saturated heterocycles. The van der Waals surface area contributed by atoms with Crippen LogP contribution in [0.3, 0.4) is 0 Å². The molecule has 2 heteroatoms. The Morgan fingerprint density at radius 2 is 2.15 bits per heavy atom. The minimum Gasteiger partial charge on any atom is -0.345 e. The van der Waals surface area contributed by atoms with E-state index in [0.29, 0.717) is 6.04 Å². The van der Waals surface area contributed by atoms with Crippen molar-refractivity contribution < 1.29 is 0 Å². The highest BCUT2D eigenvalue weighted by atomic mass is 15.0. The molecule has 0 saturated carbocycles.